The van der Waals surface area contributed by atoms with Gasteiger partial charge in [-0.2, -0.15) is 9.78 Å². The zero-order valence-electron chi connectivity index (χ0n) is 15.0. The lowest BCUT2D eigenvalue weighted by Gasteiger charge is -2.09. The molecule has 6 nitrogen and oxygen atoms in total. The number of aryl methyl sites for hydroxylation is 2. The zero-order chi connectivity index (χ0) is 18.8. The number of fused-ring (bicyclic) bond motifs is 1. The number of para-hydroxylation sites is 1. The predicted octanol–water partition coefficient (Wildman–Crippen LogP) is 4.28. The van der Waals surface area contributed by atoms with Gasteiger partial charge in [0.1, 0.15) is 11.6 Å². The maximum atomic E-state index is 12.3. The zero-order valence-corrected chi connectivity index (χ0v) is 15.0. The van der Waals surface area contributed by atoms with Crippen molar-refractivity contribution in [3.8, 4) is 5.82 Å². The molecule has 6 heteroatoms. The topological polar surface area (TPSA) is 73.0 Å². The molecule has 4 aromatic rings. The van der Waals surface area contributed by atoms with E-state index in [-0.39, 0.29) is 5.91 Å². The molecule has 4 rings (SSSR count). The van der Waals surface area contributed by atoms with Crippen LogP contribution < -0.4 is 5.32 Å². The Labute approximate surface area is 156 Å². The third-order valence-electron chi connectivity index (χ3n) is 4.15. The number of hydrogen-bond acceptors (Lipinski definition) is 4. The lowest BCUT2D eigenvalue weighted by molar-refractivity contribution is -0.111. The van der Waals surface area contributed by atoms with Gasteiger partial charge in [0.2, 0.25) is 5.91 Å². The fraction of sp³-hybridized carbons (Fsp3) is 0.0952. The number of nitrogens with one attached hydrogen (secondary N) is 1. The van der Waals surface area contributed by atoms with Gasteiger partial charge in [0, 0.05) is 17.5 Å². The molecule has 1 N–H and O–H groups in total. The minimum atomic E-state index is -0.273. The number of aromatic nitrogens is 3. The van der Waals surface area contributed by atoms with Crippen molar-refractivity contribution in [1.29, 1.82) is 0 Å². The molecule has 0 aliphatic rings. The number of pyridine rings is 1. The number of benzene rings is 1. The van der Waals surface area contributed by atoms with Crippen LogP contribution >= 0.6 is 0 Å². The van der Waals surface area contributed by atoms with Crippen LogP contribution in [0.3, 0.4) is 0 Å². The maximum absolute atomic E-state index is 12.3. The molecule has 0 saturated carbocycles. The van der Waals surface area contributed by atoms with Gasteiger partial charge in [-0.3, -0.25) is 4.79 Å². The van der Waals surface area contributed by atoms with E-state index in [1.165, 1.54) is 6.08 Å². The van der Waals surface area contributed by atoms with Crippen LogP contribution in [0.2, 0.25) is 0 Å². The Bertz CT molecular complexity index is 1140. The molecule has 0 atom stereocenters. The minimum Gasteiger partial charge on any atom is -0.465 e. The Morgan fingerprint density at radius 1 is 1.15 bits per heavy atom. The van der Waals surface area contributed by atoms with Crippen molar-refractivity contribution in [3.63, 3.8) is 0 Å². The molecule has 0 bridgehead atoms. The summed E-state index contributed by atoms with van der Waals surface area (Å²) in [6, 6.07) is 15.3. The van der Waals surface area contributed by atoms with Gasteiger partial charge in [0.25, 0.3) is 0 Å². The van der Waals surface area contributed by atoms with Crippen molar-refractivity contribution >= 4 is 28.7 Å². The molecule has 0 spiro atoms. The summed E-state index contributed by atoms with van der Waals surface area (Å²) in [5.74, 6) is 1.56. The van der Waals surface area contributed by atoms with Gasteiger partial charge in [-0.1, -0.05) is 18.2 Å². The van der Waals surface area contributed by atoms with Crippen LogP contribution in [-0.4, -0.2) is 20.7 Å². The van der Waals surface area contributed by atoms with Crippen molar-refractivity contribution in [3.05, 3.63) is 77.9 Å². The molecule has 0 unspecified atom stereocenters. The van der Waals surface area contributed by atoms with Crippen molar-refractivity contribution in [2.45, 2.75) is 13.8 Å². The van der Waals surface area contributed by atoms with E-state index in [4.69, 9.17) is 9.40 Å². The smallest absolute Gasteiger partial charge is 0.249 e. The number of carbonyl (C=O) groups is 1. The SMILES string of the molecule is Cc1cc(NC(=O)/C=C/c2ccco2)n(-c2cc(C)c3ccccc3n2)n1. The highest BCUT2D eigenvalue weighted by atomic mass is 16.3. The third-order valence-corrected chi connectivity index (χ3v) is 4.15. The second-order valence-electron chi connectivity index (χ2n) is 6.24. The quantitative estimate of drug-likeness (QED) is 0.553. The van der Waals surface area contributed by atoms with Gasteiger partial charge in [0.05, 0.1) is 17.5 Å². The highest BCUT2D eigenvalue weighted by Gasteiger charge is 2.12. The van der Waals surface area contributed by atoms with Gasteiger partial charge < -0.3 is 9.73 Å². The van der Waals surface area contributed by atoms with Crippen molar-refractivity contribution in [1.82, 2.24) is 14.8 Å². The Morgan fingerprint density at radius 2 is 2.00 bits per heavy atom. The molecule has 0 saturated heterocycles. The summed E-state index contributed by atoms with van der Waals surface area (Å²) in [6.07, 6.45) is 4.59. The number of hydrogen-bond donors (Lipinski definition) is 1. The van der Waals surface area contributed by atoms with Crippen LogP contribution in [-0.2, 0) is 4.79 Å². The van der Waals surface area contributed by atoms with Crippen molar-refractivity contribution in [2.75, 3.05) is 5.32 Å². The summed E-state index contributed by atoms with van der Waals surface area (Å²) in [4.78, 5) is 17.0. The van der Waals surface area contributed by atoms with E-state index in [0.29, 0.717) is 17.4 Å². The first kappa shape index (κ1) is 16.8. The van der Waals surface area contributed by atoms with E-state index in [1.54, 1.807) is 29.2 Å². The predicted molar refractivity (Wildman–Crippen MR) is 105 cm³/mol. The monoisotopic (exact) mass is 358 g/mol. The summed E-state index contributed by atoms with van der Waals surface area (Å²) < 4.78 is 6.84. The van der Waals surface area contributed by atoms with Crippen LogP contribution in [0.1, 0.15) is 17.0 Å². The first-order chi connectivity index (χ1) is 13.1. The molecule has 27 heavy (non-hydrogen) atoms. The molecule has 0 radical (unpaired) electrons. The second kappa shape index (κ2) is 6.92. The van der Waals surface area contributed by atoms with E-state index in [9.17, 15) is 4.79 Å². The fourth-order valence-corrected chi connectivity index (χ4v) is 2.92. The largest absolute Gasteiger partial charge is 0.465 e. The number of anilines is 1. The molecule has 0 aliphatic heterocycles. The molecule has 1 aromatic carbocycles. The van der Waals surface area contributed by atoms with E-state index < -0.39 is 0 Å². The van der Waals surface area contributed by atoms with E-state index in [2.05, 4.69) is 10.4 Å². The first-order valence-electron chi connectivity index (χ1n) is 8.56. The molecular weight excluding hydrogens is 340 g/mol. The fourth-order valence-electron chi connectivity index (χ4n) is 2.92. The minimum absolute atomic E-state index is 0.273. The van der Waals surface area contributed by atoms with Crippen LogP contribution in [0, 0.1) is 13.8 Å². The number of rotatable bonds is 4. The molecule has 0 fully saturated rings. The number of furan rings is 1. The Hall–Kier alpha value is -3.67. The summed E-state index contributed by atoms with van der Waals surface area (Å²) in [5, 5.41) is 8.44. The van der Waals surface area contributed by atoms with Crippen LogP contribution in [0.25, 0.3) is 22.8 Å². The first-order valence-corrected chi connectivity index (χ1v) is 8.56. The lowest BCUT2D eigenvalue weighted by Crippen LogP contribution is -2.13. The highest BCUT2D eigenvalue weighted by molar-refractivity contribution is 6.01. The summed E-state index contributed by atoms with van der Waals surface area (Å²) in [6.45, 7) is 3.91. The van der Waals surface area contributed by atoms with Crippen LogP contribution in [0.5, 0.6) is 0 Å². The standard InChI is InChI=1S/C21H18N4O2/c1-14-12-19(22-18-8-4-3-7-17(14)18)25-20(13-15(2)24-25)23-21(26)10-9-16-6-5-11-27-16/h3-13H,1-2H3,(H,23,26)/b10-9+. The Morgan fingerprint density at radius 3 is 2.81 bits per heavy atom. The van der Waals surface area contributed by atoms with Gasteiger partial charge in [-0.05, 0) is 49.8 Å². The number of carbonyl (C=O) groups excluding carboxylic acids is 1. The number of amides is 1. The average Bonchev–Trinajstić information content (AvgIpc) is 3.29. The molecule has 1 amide bonds. The van der Waals surface area contributed by atoms with Gasteiger partial charge in [-0.15, -0.1) is 0 Å². The molecule has 0 aliphatic carbocycles. The van der Waals surface area contributed by atoms with E-state index in [0.717, 1.165) is 22.2 Å². The molecule has 3 heterocycles. The summed E-state index contributed by atoms with van der Waals surface area (Å²) in [7, 11) is 0. The lowest BCUT2D eigenvalue weighted by atomic mass is 10.1. The van der Waals surface area contributed by atoms with Crippen molar-refractivity contribution in [2.24, 2.45) is 0 Å². The van der Waals surface area contributed by atoms with Gasteiger partial charge in [-0.25, -0.2) is 4.98 Å². The Balaban J connectivity index is 1.66. The molecule has 3 aromatic heterocycles. The second-order valence-corrected chi connectivity index (χ2v) is 6.24. The van der Waals surface area contributed by atoms with E-state index >= 15 is 0 Å². The Kier molecular flexibility index (Phi) is 4.30. The number of nitrogens with zero attached hydrogens (tertiary/aromatic N) is 3. The van der Waals surface area contributed by atoms with Gasteiger partial charge >= 0.3 is 0 Å². The molecular formula is C21H18N4O2. The third kappa shape index (κ3) is 3.50. The van der Waals surface area contributed by atoms with Crippen LogP contribution in [0.15, 0.2) is 65.3 Å². The highest BCUT2D eigenvalue weighted by Crippen LogP contribution is 2.22. The summed E-state index contributed by atoms with van der Waals surface area (Å²) >= 11 is 0. The maximum Gasteiger partial charge on any atom is 0.249 e. The molecule has 134 valence electrons. The average molecular weight is 358 g/mol. The van der Waals surface area contributed by atoms with Gasteiger partial charge in [0.15, 0.2) is 5.82 Å². The van der Waals surface area contributed by atoms with Crippen molar-refractivity contribution < 1.29 is 9.21 Å². The van der Waals surface area contributed by atoms with Crippen LogP contribution in [0.4, 0.5) is 5.82 Å². The van der Waals surface area contributed by atoms with E-state index in [1.807, 2.05) is 50.2 Å². The normalized spacial score (nSPS) is 11.3. The summed E-state index contributed by atoms with van der Waals surface area (Å²) in [5.41, 5.74) is 2.77.